The average Bonchev–Trinajstić information content (AvgIpc) is 2.45. The van der Waals surface area contributed by atoms with Crippen molar-refractivity contribution in [1.82, 2.24) is 15.3 Å². The Hall–Kier alpha value is -1.52. The zero-order valence-corrected chi connectivity index (χ0v) is 11.4. The van der Waals surface area contributed by atoms with Crippen LogP contribution in [-0.4, -0.2) is 27.0 Å². The minimum Gasteiger partial charge on any atom is -0.351 e. The number of rotatable bonds is 2. The molecule has 0 fully saturated rings. The maximum atomic E-state index is 11.8. The first-order valence-corrected chi connectivity index (χ1v) is 5.72. The molecule has 1 aromatic rings. The lowest BCUT2D eigenvalue weighted by Crippen LogP contribution is -2.40. The Bertz CT molecular complexity index is 395. The van der Waals surface area contributed by atoms with Crippen LogP contribution < -0.4 is 10.6 Å². The Morgan fingerprint density at radius 3 is 2.24 bits per heavy atom. The summed E-state index contributed by atoms with van der Waals surface area (Å²) in [6.45, 7) is 11.9. The number of nitrogens with one attached hydrogen (secondary N) is 3. The van der Waals surface area contributed by atoms with Gasteiger partial charge in [-0.25, -0.2) is 4.98 Å². The smallest absolute Gasteiger partial charge is 0.269 e. The van der Waals surface area contributed by atoms with E-state index in [0.717, 1.165) is 0 Å². The topological polar surface area (TPSA) is 69.8 Å². The summed E-state index contributed by atoms with van der Waals surface area (Å²) < 4.78 is 0. The number of nitrogens with zero attached hydrogens (tertiary/aromatic N) is 1. The van der Waals surface area contributed by atoms with E-state index in [-0.39, 0.29) is 17.0 Å². The standard InChI is InChI=1S/C12H22N4O/c1-11(2,3)15-9(17)8-7-13-10(14-8)16-12(4,5)6/h7H,1-6H3,(H,15,17)(H2,13,14,16). The van der Waals surface area contributed by atoms with Crippen LogP contribution >= 0.6 is 0 Å². The van der Waals surface area contributed by atoms with E-state index >= 15 is 0 Å². The van der Waals surface area contributed by atoms with Crippen LogP contribution in [-0.2, 0) is 0 Å². The number of imidazole rings is 1. The molecule has 1 amide bonds. The fourth-order valence-electron chi connectivity index (χ4n) is 1.26. The van der Waals surface area contributed by atoms with E-state index in [0.29, 0.717) is 11.6 Å². The molecular formula is C12H22N4O. The third-order valence-electron chi connectivity index (χ3n) is 1.80. The fraction of sp³-hybridized carbons (Fsp3) is 0.667. The van der Waals surface area contributed by atoms with Crippen LogP contribution in [0.2, 0.25) is 0 Å². The SMILES string of the molecule is CC(C)(C)NC(=O)c1cnc(NC(C)(C)C)[nH]1. The Kier molecular flexibility index (Phi) is 3.50. The Labute approximate surface area is 102 Å². The van der Waals surface area contributed by atoms with Gasteiger partial charge in [0.2, 0.25) is 5.95 Å². The van der Waals surface area contributed by atoms with Gasteiger partial charge in [0.15, 0.2) is 0 Å². The van der Waals surface area contributed by atoms with Gasteiger partial charge < -0.3 is 15.6 Å². The summed E-state index contributed by atoms with van der Waals surface area (Å²) in [6, 6.07) is 0. The van der Waals surface area contributed by atoms with Crippen molar-refractivity contribution in [1.29, 1.82) is 0 Å². The third kappa shape index (κ3) is 4.89. The number of hydrogen-bond donors (Lipinski definition) is 3. The van der Waals surface area contributed by atoms with Gasteiger partial charge in [-0.15, -0.1) is 0 Å². The maximum absolute atomic E-state index is 11.8. The van der Waals surface area contributed by atoms with E-state index in [1.165, 1.54) is 6.20 Å². The molecule has 0 atom stereocenters. The molecule has 0 unspecified atom stereocenters. The monoisotopic (exact) mass is 238 g/mol. The molecule has 0 aliphatic heterocycles. The molecule has 0 spiro atoms. The molecule has 0 aliphatic rings. The first-order chi connectivity index (χ1) is 7.57. The number of aromatic amines is 1. The first-order valence-electron chi connectivity index (χ1n) is 5.72. The lowest BCUT2D eigenvalue weighted by Gasteiger charge is -2.20. The number of carbonyl (C=O) groups is 1. The third-order valence-corrected chi connectivity index (χ3v) is 1.80. The highest BCUT2D eigenvalue weighted by atomic mass is 16.2. The first kappa shape index (κ1) is 13.5. The van der Waals surface area contributed by atoms with Crippen molar-refractivity contribution in [3.8, 4) is 0 Å². The van der Waals surface area contributed by atoms with Gasteiger partial charge in [0.1, 0.15) is 5.69 Å². The quantitative estimate of drug-likeness (QED) is 0.739. The maximum Gasteiger partial charge on any atom is 0.269 e. The number of carbonyl (C=O) groups excluding carboxylic acids is 1. The van der Waals surface area contributed by atoms with Gasteiger partial charge in [-0.05, 0) is 41.5 Å². The van der Waals surface area contributed by atoms with Gasteiger partial charge in [-0.2, -0.15) is 0 Å². The van der Waals surface area contributed by atoms with Crippen molar-refractivity contribution in [2.24, 2.45) is 0 Å². The second-order valence-corrected chi connectivity index (χ2v) is 6.22. The van der Waals surface area contributed by atoms with E-state index < -0.39 is 0 Å². The minimum absolute atomic E-state index is 0.0877. The second kappa shape index (κ2) is 4.39. The van der Waals surface area contributed by atoms with Gasteiger partial charge >= 0.3 is 0 Å². The highest BCUT2D eigenvalue weighted by Crippen LogP contribution is 2.11. The van der Waals surface area contributed by atoms with Crippen molar-refractivity contribution in [2.75, 3.05) is 5.32 Å². The van der Waals surface area contributed by atoms with Gasteiger partial charge in [0.25, 0.3) is 5.91 Å². The van der Waals surface area contributed by atoms with Crippen molar-refractivity contribution in [3.05, 3.63) is 11.9 Å². The molecule has 5 nitrogen and oxygen atoms in total. The highest BCUT2D eigenvalue weighted by Gasteiger charge is 2.18. The molecule has 96 valence electrons. The lowest BCUT2D eigenvalue weighted by molar-refractivity contribution is 0.0915. The van der Waals surface area contributed by atoms with Crippen LogP contribution in [0, 0.1) is 0 Å². The second-order valence-electron chi connectivity index (χ2n) is 6.22. The van der Waals surface area contributed by atoms with E-state index in [1.54, 1.807) is 0 Å². The zero-order chi connectivity index (χ0) is 13.3. The number of H-pyrrole nitrogens is 1. The van der Waals surface area contributed by atoms with Crippen LogP contribution in [0.5, 0.6) is 0 Å². The number of aromatic nitrogens is 2. The Morgan fingerprint density at radius 1 is 1.18 bits per heavy atom. The van der Waals surface area contributed by atoms with Crippen molar-refractivity contribution < 1.29 is 4.79 Å². The van der Waals surface area contributed by atoms with E-state index in [1.807, 2.05) is 41.5 Å². The number of anilines is 1. The summed E-state index contributed by atoms with van der Waals surface area (Å²) >= 11 is 0. The van der Waals surface area contributed by atoms with E-state index in [4.69, 9.17) is 0 Å². The number of hydrogen-bond acceptors (Lipinski definition) is 3. The summed E-state index contributed by atoms with van der Waals surface area (Å²) in [7, 11) is 0. The summed E-state index contributed by atoms with van der Waals surface area (Å²) in [5.41, 5.74) is 0.127. The Balaban J connectivity index is 2.72. The summed E-state index contributed by atoms with van der Waals surface area (Å²) in [5.74, 6) is 0.462. The molecule has 0 bridgehead atoms. The van der Waals surface area contributed by atoms with Crippen LogP contribution in [0.1, 0.15) is 52.0 Å². The molecule has 1 aromatic heterocycles. The molecule has 1 heterocycles. The van der Waals surface area contributed by atoms with Crippen LogP contribution in [0.15, 0.2) is 6.20 Å². The largest absolute Gasteiger partial charge is 0.351 e. The average molecular weight is 238 g/mol. The van der Waals surface area contributed by atoms with Crippen LogP contribution in [0.4, 0.5) is 5.95 Å². The predicted molar refractivity (Wildman–Crippen MR) is 69.2 cm³/mol. The van der Waals surface area contributed by atoms with Crippen LogP contribution in [0.3, 0.4) is 0 Å². The van der Waals surface area contributed by atoms with E-state index in [2.05, 4.69) is 20.6 Å². The van der Waals surface area contributed by atoms with Gasteiger partial charge in [0, 0.05) is 11.1 Å². The highest BCUT2D eigenvalue weighted by molar-refractivity contribution is 5.92. The normalized spacial score (nSPS) is 12.4. The predicted octanol–water partition coefficient (Wildman–Crippen LogP) is 2.15. The molecule has 0 saturated heterocycles. The molecule has 0 radical (unpaired) electrons. The van der Waals surface area contributed by atoms with Gasteiger partial charge in [-0.1, -0.05) is 0 Å². The van der Waals surface area contributed by atoms with Crippen LogP contribution in [0.25, 0.3) is 0 Å². The molecule has 1 rings (SSSR count). The summed E-state index contributed by atoms with van der Waals surface area (Å²) in [6.07, 6.45) is 1.54. The number of amides is 1. The Morgan fingerprint density at radius 2 is 1.76 bits per heavy atom. The van der Waals surface area contributed by atoms with Gasteiger partial charge in [0.05, 0.1) is 6.20 Å². The molecule has 3 N–H and O–H groups in total. The van der Waals surface area contributed by atoms with Crippen molar-refractivity contribution in [3.63, 3.8) is 0 Å². The molecule has 0 aromatic carbocycles. The molecule has 17 heavy (non-hydrogen) atoms. The molecular weight excluding hydrogens is 216 g/mol. The molecule has 0 saturated carbocycles. The lowest BCUT2D eigenvalue weighted by atomic mass is 10.1. The van der Waals surface area contributed by atoms with Gasteiger partial charge in [-0.3, -0.25) is 4.79 Å². The van der Waals surface area contributed by atoms with Crippen molar-refractivity contribution >= 4 is 11.9 Å². The van der Waals surface area contributed by atoms with Crippen molar-refractivity contribution in [2.45, 2.75) is 52.6 Å². The summed E-state index contributed by atoms with van der Waals surface area (Å²) in [4.78, 5) is 18.9. The zero-order valence-electron chi connectivity index (χ0n) is 11.4. The molecule has 5 heteroatoms. The van der Waals surface area contributed by atoms with E-state index in [9.17, 15) is 4.79 Å². The minimum atomic E-state index is -0.250. The summed E-state index contributed by atoms with van der Waals surface area (Å²) in [5, 5.41) is 6.05. The fourth-order valence-corrected chi connectivity index (χ4v) is 1.26. The molecule has 0 aliphatic carbocycles.